The summed E-state index contributed by atoms with van der Waals surface area (Å²) >= 11 is 0. The summed E-state index contributed by atoms with van der Waals surface area (Å²) in [5, 5.41) is 18.3. The summed E-state index contributed by atoms with van der Waals surface area (Å²) in [5.41, 5.74) is 0. The highest BCUT2D eigenvalue weighted by atomic mass is 31.2. The molecule has 3 N–H and O–H groups in total. The van der Waals surface area contributed by atoms with Crippen LogP contribution >= 0.6 is 7.82 Å². The average molecular weight is 771 g/mol. The maximum atomic E-state index is 12.5. The van der Waals surface area contributed by atoms with E-state index in [2.05, 4.69) is 54.8 Å². The van der Waals surface area contributed by atoms with Crippen molar-refractivity contribution in [1.29, 1.82) is 0 Å². The molecular weight excluding hydrogens is 695 g/mol. The van der Waals surface area contributed by atoms with Crippen molar-refractivity contribution in [2.75, 3.05) is 26.4 Å². The van der Waals surface area contributed by atoms with Crippen molar-refractivity contribution in [1.82, 2.24) is 0 Å². The van der Waals surface area contributed by atoms with E-state index in [1.54, 1.807) is 0 Å². The number of hydrogen-bond acceptors (Lipinski definition) is 9. The fourth-order valence-corrected chi connectivity index (χ4v) is 6.07. The first-order valence-corrected chi connectivity index (χ1v) is 22.1. The van der Waals surface area contributed by atoms with E-state index in [0.29, 0.717) is 19.3 Å². The molecule has 0 radical (unpaired) electrons. The van der Waals surface area contributed by atoms with Crippen molar-refractivity contribution < 1.29 is 47.8 Å². The van der Waals surface area contributed by atoms with Gasteiger partial charge in [0.2, 0.25) is 0 Å². The predicted molar refractivity (Wildman–Crippen MR) is 214 cm³/mol. The molecule has 53 heavy (non-hydrogen) atoms. The third-order valence-electron chi connectivity index (χ3n) is 8.49. The molecule has 0 heterocycles. The first kappa shape index (κ1) is 50.9. The first-order valence-electron chi connectivity index (χ1n) is 20.6. The van der Waals surface area contributed by atoms with Crippen LogP contribution in [0.4, 0.5) is 0 Å². The summed E-state index contributed by atoms with van der Waals surface area (Å²) in [6, 6.07) is 0. The number of unbranched alkanes of at least 4 members (excludes halogenated alkanes) is 16. The topological polar surface area (TPSA) is 149 Å². The molecule has 10 nitrogen and oxygen atoms in total. The number of aliphatic hydroxyl groups excluding tert-OH is 2. The maximum absolute atomic E-state index is 12.5. The Morgan fingerprint density at radius 3 is 1.53 bits per heavy atom. The number of esters is 2. The van der Waals surface area contributed by atoms with E-state index in [1.165, 1.54) is 83.5 Å². The van der Waals surface area contributed by atoms with Crippen LogP contribution in [0.5, 0.6) is 0 Å². The Labute approximate surface area is 322 Å². The molecule has 0 aromatic carbocycles. The fourth-order valence-electron chi connectivity index (χ4n) is 5.28. The quantitative estimate of drug-likeness (QED) is 0.0240. The molecule has 308 valence electrons. The number of carbonyl (C=O) groups excluding carboxylic acids is 2. The molecule has 11 heteroatoms. The van der Waals surface area contributed by atoms with Crippen LogP contribution in [0.2, 0.25) is 0 Å². The van der Waals surface area contributed by atoms with Crippen molar-refractivity contribution >= 4 is 19.8 Å². The van der Waals surface area contributed by atoms with Gasteiger partial charge in [-0.2, -0.15) is 0 Å². The van der Waals surface area contributed by atoms with Gasteiger partial charge in [0.15, 0.2) is 6.10 Å². The minimum Gasteiger partial charge on any atom is -0.462 e. The Hall–Kier alpha value is -2.07. The molecule has 1 unspecified atom stereocenters. The molecule has 0 aliphatic rings. The lowest BCUT2D eigenvalue weighted by Gasteiger charge is -2.20. The number of allylic oxidation sites excluding steroid dienone is 8. The lowest BCUT2D eigenvalue weighted by Crippen LogP contribution is -2.29. The highest BCUT2D eigenvalue weighted by molar-refractivity contribution is 7.47. The summed E-state index contributed by atoms with van der Waals surface area (Å²) < 4.78 is 32.5. The van der Waals surface area contributed by atoms with Crippen molar-refractivity contribution in [2.45, 2.75) is 180 Å². The van der Waals surface area contributed by atoms with Gasteiger partial charge in [-0.25, -0.2) is 4.57 Å². The van der Waals surface area contributed by atoms with E-state index in [9.17, 15) is 24.2 Å². The molecule has 0 amide bonds. The predicted octanol–water partition coefficient (Wildman–Crippen LogP) is 10.6. The molecule has 0 bridgehead atoms. The van der Waals surface area contributed by atoms with Crippen LogP contribution < -0.4 is 0 Å². The van der Waals surface area contributed by atoms with Crippen LogP contribution in [0.15, 0.2) is 48.6 Å². The van der Waals surface area contributed by atoms with Gasteiger partial charge in [-0.1, -0.05) is 152 Å². The van der Waals surface area contributed by atoms with Gasteiger partial charge in [-0.05, 0) is 51.4 Å². The van der Waals surface area contributed by atoms with Gasteiger partial charge >= 0.3 is 19.8 Å². The second-order valence-electron chi connectivity index (χ2n) is 13.7. The molecule has 0 aromatic heterocycles. The average Bonchev–Trinajstić information content (AvgIpc) is 3.14. The molecule has 0 aromatic rings. The van der Waals surface area contributed by atoms with Crippen molar-refractivity contribution in [3.63, 3.8) is 0 Å². The van der Waals surface area contributed by atoms with E-state index < -0.39 is 51.8 Å². The molecule has 0 saturated carbocycles. The fraction of sp³-hybridized carbons (Fsp3) is 0.762. The second kappa shape index (κ2) is 38.2. The van der Waals surface area contributed by atoms with E-state index in [4.69, 9.17) is 19.1 Å². The van der Waals surface area contributed by atoms with Crippen LogP contribution in [0.3, 0.4) is 0 Å². The number of aliphatic hydroxyl groups is 2. The number of ether oxygens (including phenoxy) is 2. The van der Waals surface area contributed by atoms with Gasteiger partial charge < -0.3 is 24.6 Å². The molecular formula is C42H75O10P. The number of phosphoric ester groups is 1. The highest BCUT2D eigenvalue weighted by Gasteiger charge is 2.27. The highest BCUT2D eigenvalue weighted by Crippen LogP contribution is 2.43. The zero-order chi connectivity index (χ0) is 39.1. The van der Waals surface area contributed by atoms with Crippen LogP contribution in [-0.2, 0) is 32.7 Å². The minimum atomic E-state index is -4.63. The van der Waals surface area contributed by atoms with Gasteiger partial charge in [0.05, 0.1) is 19.8 Å². The maximum Gasteiger partial charge on any atom is 0.472 e. The molecule has 0 aliphatic heterocycles. The summed E-state index contributed by atoms with van der Waals surface area (Å²) in [5.74, 6) is -0.995. The zero-order valence-corrected chi connectivity index (χ0v) is 34.1. The normalized spacial score (nSPS) is 14.4. The van der Waals surface area contributed by atoms with E-state index in [0.717, 1.165) is 38.5 Å². The van der Waals surface area contributed by atoms with Crippen molar-refractivity contribution in [3.8, 4) is 0 Å². The van der Waals surface area contributed by atoms with Crippen LogP contribution in [0.1, 0.15) is 168 Å². The Morgan fingerprint density at radius 1 is 0.566 bits per heavy atom. The number of rotatable bonds is 38. The Balaban J connectivity index is 4.38. The Bertz CT molecular complexity index is 1030. The summed E-state index contributed by atoms with van der Waals surface area (Å²) in [7, 11) is -4.63. The minimum absolute atomic E-state index is 0.108. The third kappa shape index (κ3) is 38.0. The summed E-state index contributed by atoms with van der Waals surface area (Å²) in [6.07, 6.45) is 39.6. The summed E-state index contributed by atoms with van der Waals surface area (Å²) in [4.78, 5) is 34.8. The van der Waals surface area contributed by atoms with E-state index in [1.807, 2.05) is 12.2 Å². The third-order valence-corrected chi connectivity index (χ3v) is 9.44. The zero-order valence-electron chi connectivity index (χ0n) is 33.2. The molecule has 3 atom stereocenters. The Kier molecular flexibility index (Phi) is 36.7. The first-order chi connectivity index (χ1) is 25.7. The van der Waals surface area contributed by atoms with Crippen LogP contribution in [-0.4, -0.2) is 65.7 Å². The molecule has 0 aliphatic carbocycles. The van der Waals surface area contributed by atoms with Crippen LogP contribution in [0.25, 0.3) is 0 Å². The van der Waals surface area contributed by atoms with Crippen molar-refractivity contribution in [3.05, 3.63) is 48.6 Å². The molecule has 0 fully saturated rings. The standard InChI is InChI=1S/C42H75O10P/c1-3-5-7-9-11-13-14-15-16-17-18-19-20-21-22-23-24-26-28-30-32-34-42(46)52-40(38-51-53(47,48)50-36-39(44)35-43)37-49-41(45)33-31-29-27-25-12-10-8-6-4-2/h16-17,19-20,22-23,26,28,39-40,43-44H,3-15,18,21,24-25,27,29-38H2,1-2H3,(H,47,48)/b17-16+,20-19+,23-22+,28-26+/t39-,40+/m0/s1. The number of carbonyl (C=O) groups is 2. The lowest BCUT2D eigenvalue weighted by atomic mass is 10.1. The number of phosphoric acid groups is 1. The van der Waals surface area contributed by atoms with Crippen molar-refractivity contribution in [2.24, 2.45) is 0 Å². The van der Waals surface area contributed by atoms with Gasteiger partial charge in [-0.3, -0.25) is 18.6 Å². The Morgan fingerprint density at radius 2 is 1.00 bits per heavy atom. The second-order valence-corrected chi connectivity index (χ2v) is 15.1. The summed E-state index contributed by atoms with van der Waals surface area (Å²) in [6.45, 7) is 2.28. The van der Waals surface area contributed by atoms with Gasteiger partial charge in [0, 0.05) is 12.8 Å². The molecule has 0 rings (SSSR count). The van der Waals surface area contributed by atoms with E-state index in [-0.39, 0.29) is 19.4 Å². The van der Waals surface area contributed by atoms with Gasteiger partial charge in [-0.15, -0.1) is 0 Å². The van der Waals surface area contributed by atoms with Gasteiger partial charge in [0.1, 0.15) is 12.7 Å². The molecule has 0 spiro atoms. The monoisotopic (exact) mass is 771 g/mol. The van der Waals surface area contributed by atoms with Gasteiger partial charge in [0.25, 0.3) is 0 Å². The van der Waals surface area contributed by atoms with E-state index >= 15 is 0 Å². The lowest BCUT2D eigenvalue weighted by molar-refractivity contribution is -0.161. The smallest absolute Gasteiger partial charge is 0.462 e. The number of hydrogen-bond donors (Lipinski definition) is 3. The largest absolute Gasteiger partial charge is 0.472 e. The van der Waals surface area contributed by atoms with Crippen LogP contribution in [0, 0.1) is 0 Å². The molecule has 0 saturated heterocycles. The SMILES string of the molecule is CCCCCCCCC/C=C/C/C=C/C/C=C/C/C=C/CCCC(=O)O[C@H](COC(=O)CCCCCCCCCCC)COP(=O)(O)OC[C@@H](O)CO.